The first-order valence-electron chi connectivity index (χ1n) is 5.24. The zero-order valence-corrected chi connectivity index (χ0v) is 10.9. The number of nitrogens with zero attached hydrogens (tertiary/aromatic N) is 1. The monoisotopic (exact) mass is 294 g/mol. The summed E-state index contributed by atoms with van der Waals surface area (Å²) in [6.45, 7) is 0. The molecule has 17 heavy (non-hydrogen) atoms. The lowest BCUT2D eigenvalue weighted by atomic mass is 10.0. The molecule has 1 heterocycles. The number of rotatable bonds is 3. The van der Waals surface area contributed by atoms with Crippen molar-refractivity contribution in [2.75, 3.05) is 7.05 Å². The Morgan fingerprint density at radius 3 is 2.82 bits per heavy atom. The summed E-state index contributed by atoms with van der Waals surface area (Å²) in [5, 5.41) is 3.17. The molecule has 2 rings (SSSR count). The summed E-state index contributed by atoms with van der Waals surface area (Å²) in [7, 11) is 1.84. The van der Waals surface area contributed by atoms with Crippen LogP contribution in [0.25, 0.3) is 0 Å². The Hall–Kier alpha value is -1.26. The predicted octanol–water partition coefficient (Wildman–Crippen LogP) is 3.29. The molecule has 2 aromatic rings. The molecule has 2 nitrogen and oxygen atoms in total. The average molecular weight is 295 g/mol. The predicted molar refractivity (Wildman–Crippen MR) is 69.2 cm³/mol. The van der Waals surface area contributed by atoms with Crippen LogP contribution in [-0.2, 0) is 0 Å². The molecule has 0 aliphatic carbocycles. The highest BCUT2D eigenvalue weighted by Crippen LogP contribution is 2.28. The van der Waals surface area contributed by atoms with Crippen LogP contribution in [0, 0.1) is 5.82 Å². The van der Waals surface area contributed by atoms with E-state index < -0.39 is 0 Å². The molecule has 0 aliphatic rings. The van der Waals surface area contributed by atoms with Crippen molar-refractivity contribution in [3.63, 3.8) is 0 Å². The molecule has 0 amide bonds. The van der Waals surface area contributed by atoms with Crippen LogP contribution < -0.4 is 5.32 Å². The van der Waals surface area contributed by atoms with E-state index >= 15 is 0 Å². The number of nitrogens with one attached hydrogen (secondary N) is 1. The summed E-state index contributed by atoms with van der Waals surface area (Å²) in [4.78, 5) is 4.08. The Labute approximate surface area is 108 Å². The van der Waals surface area contributed by atoms with Gasteiger partial charge in [-0.3, -0.25) is 4.98 Å². The van der Waals surface area contributed by atoms with Crippen molar-refractivity contribution in [2.45, 2.75) is 6.04 Å². The maximum Gasteiger partial charge on any atom is 0.123 e. The summed E-state index contributed by atoms with van der Waals surface area (Å²) < 4.78 is 14.2. The maximum absolute atomic E-state index is 13.3. The van der Waals surface area contributed by atoms with Crippen molar-refractivity contribution >= 4 is 15.9 Å². The highest BCUT2D eigenvalue weighted by atomic mass is 79.9. The van der Waals surface area contributed by atoms with Crippen molar-refractivity contribution in [1.29, 1.82) is 0 Å². The van der Waals surface area contributed by atoms with Crippen molar-refractivity contribution in [1.82, 2.24) is 10.3 Å². The number of benzene rings is 1. The molecule has 88 valence electrons. The lowest BCUT2D eigenvalue weighted by Gasteiger charge is -2.18. The first kappa shape index (κ1) is 12.2. The Balaban J connectivity index is 2.46. The van der Waals surface area contributed by atoms with Crippen LogP contribution in [0.15, 0.2) is 47.2 Å². The molecule has 1 unspecified atom stereocenters. The minimum absolute atomic E-state index is 0.0752. The van der Waals surface area contributed by atoms with E-state index in [1.54, 1.807) is 18.5 Å². The van der Waals surface area contributed by atoms with Gasteiger partial charge in [-0.05, 0) is 42.4 Å². The van der Waals surface area contributed by atoms with Gasteiger partial charge in [0.15, 0.2) is 0 Å². The van der Waals surface area contributed by atoms with Crippen LogP contribution in [-0.4, -0.2) is 12.0 Å². The lowest BCUT2D eigenvalue weighted by Crippen LogP contribution is -2.18. The fourth-order valence-electron chi connectivity index (χ4n) is 1.78. The van der Waals surface area contributed by atoms with Gasteiger partial charge in [-0.25, -0.2) is 4.39 Å². The molecule has 0 saturated carbocycles. The van der Waals surface area contributed by atoms with Gasteiger partial charge in [0.05, 0.1) is 6.04 Å². The van der Waals surface area contributed by atoms with Crippen molar-refractivity contribution < 1.29 is 4.39 Å². The van der Waals surface area contributed by atoms with E-state index in [1.165, 1.54) is 12.1 Å². The Morgan fingerprint density at radius 1 is 1.35 bits per heavy atom. The van der Waals surface area contributed by atoms with Crippen molar-refractivity contribution in [2.24, 2.45) is 0 Å². The number of pyridine rings is 1. The molecule has 0 bridgehead atoms. The van der Waals surface area contributed by atoms with Gasteiger partial charge < -0.3 is 5.32 Å². The maximum atomic E-state index is 13.3. The molecule has 1 N–H and O–H groups in total. The normalized spacial score (nSPS) is 12.4. The second-order valence-corrected chi connectivity index (χ2v) is 4.53. The molecule has 1 aromatic carbocycles. The zero-order chi connectivity index (χ0) is 12.3. The van der Waals surface area contributed by atoms with E-state index in [9.17, 15) is 4.39 Å². The Bertz CT molecular complexity index is 502. The minimum atomic E-state index is -0.243. The fourth-order valence-corrected chi connectivity index (χ4v) is 2.26. The summed E-state index contributed by atoms with van der Waals surface area (Å²) >= 11 is 3.44. The van der Waals surface area contributed by atoms with Crippen LogP contribution in [0.3, 0.4) is 0 Å². The van der Waals surface area contributed by atoms with E-state index in [4.69, 9.17) is 0 Å². The highest BCUT2D eigenvalue weighted by Gasteiger charge is 2.15. The second kappa shape index (κ2) is 5.38. The molecule has 0 saturated heterocycles. The molecule has 0 spiro atoms. The average Bonchev–Trinajstić information content (AvgIpc) is 2.36. The number of hydrogen-bond donors (Lipinski definition) is 1. The van der Waals surface area contributed by atoms with Gasteiger partial charge in [-0.15, -0.1) is 0 Å². The zero-order valence-electron chi connectivity index (χ0n) is 9.32. The third-order valence-electron chi connectivity index (χ3n) is 2.58. The smallest absolute Gasteiger partial charge is 0.123 e. The first-order chi connectivity index (χ1) is 8.22. The van der Waals surface area contributed by atoms with Gasteiger partial charge in [-0.1, -0.05) is 22.0 Å². The molecule has 0 radical (unpaired) electrons. The van der Waals surface area contributed by atoms with E-state index in [-0.39, 0.29) is 11.9 Å². The lowest BCUT2D eigenvalue weighted by molar-refractivity contribution is 0.615. The molecule has 0 aliphatic heterocycles. The van der Waals surface area contributed by atoms with Gasteiger partial charge in [0.2, 0.25) is 0 Å². The molecule has 4 heteroatoms. The first-order valence-corrected chi connectivity index (χ1v) is 6.04. The molecule has 1 atom stereocenters. The highest BCUT2D eigenvalue weighted by molar-refractivity contribution is 9.10. The van der Waals surface area contributed by atoms with Crippen molar-refractivity contribution in [3.8, 4) is 0 Å². The van der Waals surface area contributed by atoms with Gasteiger partial charge in [0.25, 0.3) is 0 Å². The van der Waals surface area contributed by atoms with E-state index in [1.807, 2.05) is 19.2 Å². The molecular formula is C13H12BrFN2. The molecule has 1 aromatic heterocycles. The summed E-state index contributed by atoms with van der Waals surface area (Å²) in [6.07, 6.45) is 3.50. The third-order valence-corrected chi connectivity index (χ3v) is 3.30. The topological polar surface area (TPSA) is 24.9 Å². The quantitative estimate of drug-likeness (QED) is 0.940. The van der Waals surface area contributed by atoms with E-state index in [0.717, 1.165) is 15.6 Å². The summed E-state index contributed by atoms with van der Waals surface area (Å²) in [5.74, 6) is -0.243. The van der Waals surface area contributed by atoms with E-state index in [2.05, 4.69) is 26.2 Å². The Morgan fingerprint density at radius 2 is 2.18 bits per heavy atom. The van der Waals surface area contributed by atoms with Crippen LogP contribution in [0.1, 0.15) is 17.2 Å². The van der Waals surface area contributed by atoms with Crippen LogP contribution in [0.5, 0.6) is 0 Å². The second-order valence-electron chi connectivity index (χ2n) is 3.67. The molecule has 0 fully saturated rings. The van der Waals surface area contributed by atoms with Crippen LogP contribution in [0.4, 0.5) is 4.39 Å². The largest absolute Gasteiger partial charge is 0.309 e. The summed E-state index contributed by atoms with van der Waals surface area (Å²) in [5.41, 5.74) is 1.86. The third kappa shape index (κ3) is 2.70. The number of hydrogen-bond acceptors (Lipinski definition) is 2. The van der Waals surface area contributed by atoms with Crippen LogP contribution in [0.2, 0.25) is 0 Å². The SMILES string of the molecule is CNC(c1cccnc1)c1cc(F)ccc1Br. The van der Waals surface area contributed by atoms with Gasteiger partial charge in [0, 0.05) is 16.9 Å². The number of halogens is 2. The van der Waals surface area contributed by atoms with Crippen LogP contribution >= 0.6 is 15.9 Å². The van der Waals surface area contributed by atoms with Gasteiger partial charge >= 0.3 is 0 Å². The minimum Gasteiger partial charge on any atom is -0.309 e. The summed E-state index contributed by atoms with van der Waals surface area (Å²) in [6, 6.07) is 8.43. The number of aromatic nitrogens is 1. The van der Waals surface area contributed by atoms with Crippen molar-refractivity contribution in [3.05, 3.63) is 64.1 Å². The standard InChI is InChI=1S/C13H12BrFN2/c1-16-13(9-3-2-6-17-8-9)11-7-10(15)4-5-12(11)14/h2-8,13,16H,1H3. The Kier molecular flexibility index (Phi) is 3.86. The van der Waals surface area contributed by atoms with Gasteiger partial charge in [0.1, 0.15) is 5.82 Å². The van der Waals surface area contributed by atoms with Gasteiger partial charge in [-0.2, -0.15) is 0 Å². The van der Waals surface area contributed by atoms with E-state index in [0.29, 0.717) is 0 Å². The fraction of sp³-hybridized carbons (Fsp3) is 0.154. The molecular weight excluding hydrogens is 283 g/mol.